The third kappa shape index (κ3) is 5.50. The summed E-state index contributed by atoms with van der Waals surface area (Å²) in [5.41, 5.74) is 2.42. The van der Waals surface area contributed by atoms with Gasteiger partial charge >= 0.3 is 12.0 Å². The van der Waals surface area contributed by atoms with Gasteiger partial charge in [0.15, 0.2) is 0 Å². The zero-order chi connectivity index (χ0) is 26.1. The van der Waals surface area contributed by atoms with Crippen LogP contribution in [0.25, 0.3) is 0 Å². The van der Waals surface area contributed by atoms with Gasteiger partial charge in [0, 0.05) is 19.6 Å². The summed E-state index contributed by atoms with van der Waals surface area (Å²) >= 11 is 0. The third-order valence-electron chi connectivity index (χ3n) is 11.2. The summed E-state index contributed by atoms with van der Waals surface area (Å²) in [4.78, 5) is 25.0. The quantitative estimate of drug-likeness (QED) is 0.258. The average molecular weight is 501 g/mol. The van der Waals surface area contributed by atoms with E-state index in [2.05, 4.69) is 39.1 Å². The molecule has 0 spiro atoms. The minimum Gasteiger partial charge on any atom is -0.481 e. The second-order valence-electron chi connectivity index (χ2n) is 13.7. The third-order valence-corrected chi connectivity index (χ3v) is 11.2. The van der Waals surface area contributed by atoms with Crippen molar-refractivity contribution in [2.75, 3.05) is 13.6 Å². The number of hydrogen-bond donors (Lipinski definition) is 2. The Morgan fingerprint density at radius 2 is 1.89 bits per heavy atom. The van der Waals surface area contributed by atoms with Gasteiger partial charge in [-0.15, -0.1) is 0 Å². The molecule has 0 saturated heterocycles. The predicted molar refractivity (Wildman–Crippen MR) is 146 cm³/mol. The normalized spacial score (nSPS) is 37.5. The van der Waals surface area contributed by atoms with Crippen molar-refractivity contribution in [2.45, 2.75) is 117 Å². The highest BCUT2D eigenvalue weighted by Gasteiger charge is 2.58. The topological polar surface area (TPSA) is 69.6 Å². The summed E-state index contributed by atoms with van der Waals surface area (Å²) in [6.45, 7) is 10.1. The lowest BCUT2D eigenvalue weighted by Crippen LogP contribution is -2.52. The van der Waals surface area contributed by atoms with Gasteiger partial charge in [0.2, 0.25) is 0 Å². The molecule has 7 unspecified atom stereocenters. The van der Waals surface area contributed by atoms with Crippen LogP contribution in [0.2, 0.25) is 0 Å². The Balaban J connectivity index is 1.36. The van der Waals surface area contributed by atoms with E-state index in [0.717, 1.165) is 48.9 Å². The lowest BCUT2D eigenvalue weighted by molar-refractivity contribution is -0.137. The summed E-state index contributed by atoms with van der Waals surface area (Å²) in [5, 5.41) is 12.1. The number of fused-ring (bicyclic) bond motifs is 5. The van der Waals surface area contributed by atoms with E-state index in [0.29, 0.717) is 5.41 Å². The molecule has 4 aliphatic carbocycles. The molecule has 5 nitrogen and oxygen atoms in total. The highest BCUT2D eigenvalue weighted by atomic mass is 16.4. The summed E-state index contributed by atoms with van der Waals surface area (Å²) in [6.07, 6.45) is 18.2. The first-order valence-corrected chi connectivity index (χ1v) is 15.0. The fourth-order valence-electron chi connectivity index (χ4n) is 8.96. The van der Waals surface area contributed by atoms with Crippen LogP contribution in [0, 0.1) is 40.4 Å². The van der Waals surface area contributed by atoms with Gasteiger partial charge in [0.05, 0.1) is 6.42 Å². The molecule has 0 radical (unpaired) electrons. The molecular weight excluding hydrogens is 448 g/mol. The van der Waals surface area contributed by atoms with Crippen LogP contribution in [0.4, 0.5) is 4.79 Å². The smallest absolute Gasteiger partial charge is 0.317 e. The molecule has 0 bridgehead atoms. The first kappa shape index (κ1) is 27.5. The Morgan fingerprint density at radius 3 is 2.61 bits per heavy atom. The minimum atomic E-state index is -0.867. The lowest BCUT2D eigenvalue weighted by Gasteiger charge is -2.58. The first-order chi connectivity index (χ1) is 17.0. The second-order valence-corrected chi connectivity index (χ2v) is 13.7. The number of carbonyl (C=O) groups excluding carboxylic acids is 1. The Morgan fingerprint density at radius 1 is 1.11 bits per heavy atom. The van der Waals surface area contributed by atoms with E-state index in [1.165, 1.54) is 62.7 Å². The number of allylic oxidation sites excluding steroid dienone is 1. The summed E-state index contributed by atoms with van der Waals surface area (Å²) in [6, 6.07) is 0.0224. The summed E-state index contributed by atoms with van der Waals surface area (Å²) < 4.78 is 0. The zero-order valence-electron chi connectivity index (χ0n) is 23.7. The number of carboxylic acid groups (broad SMARTS) is 1. The fourth-order valence-corrected chi connectivity index (χ4v) is 8.96. The van der Waals surface area contributed by atoms with Crippen molar-refractivity contribution in [1.82, 2.24) is 10.2 Å². The molecular formula is C31H52N2O3. The molecule has 4 aliphatic rings. The number of carboxylic acids is 1. The Hall–Kier alpha value is -1.52. The van der Waals surface area contributed by atoms with Crippen LogP contribution >= 0.6 is 0 Å². The van der Waals surface area contributed by atoms with Crippen LogP contribution in [0.5, 0.6) is 0 Å². The van der Waals surface area contributed by atoms with Crippen LogP contribution < -0.4 is 5.32 Å². The van der Waals surface area contributed by atoms with Crippen molar-refractivity contribution in [3.63, 3.8) is 0 Å². The van der Waals surface area contributed by atoms with Crippen molar-refractivity contribution in [3.8, 4) is 0 Å². The number of urea groups is 1. The molecule has 0 aromatic heterocycles. The van der Waals surface area contributed by atoms with Gasteiger partial charge in [0.25, 0.3) is 0 Å². The van der Waals surface area contributed by atoms with Gasteiger partial charge in [0.1, 0.15) is 0 Å². The molecule has 36 heavy (non-hydrogen) atoms. The monoisotopic (exact) mass is 500 g/mol. The highest BCUT2D eigenvalue weighted by Crippen LogP contribution is 2.66. The number of aliphatic carboxylic acids is 1. The van der Waals surface area contributed by atoms with Crippen LogP contribution in [0.3, 0.4) is 0 Å². The zero-order valence-corrected chi connectivity index (χ0v) is 23.7. The number of rotatable bonds is 9. The van der Waals surface area contributed by atoms with Gasteiger partial charge in [-0.2, -0.15) is 0 Å². The molecule has 7 atom stereocenters. The van der Waals surface area contributed by atoms with E-state index in [4.69, 9.17) is 5.11 Å². The number of unbranched alkanes of at least 4 members (excludes halogenated alkanes) is 1. The largest absolute Gasteiger partial charge is 0.481 e. The Kier molecular flexibility index (Phi) is 8.46. The summed E-state index contributed by atoms with van der Waals surface area (Å²) in [7, 11) is 1.69. The standard InChI is InChI=1S/C31H52N2O3/c1-21(2)8-6-7-9-22-11-13-26-25-12-10-23-20-24(32-29(36)33(5)19-16-28(34)35)14-17-31(23,4)27(25)15-18-30(22,26)3/h10,21-22,24-27H,6-9,11-20H2,1-5H3,(H,32,36)(H,34,35). The van der Waals surface area contributed by atoms with Gasteiger partial charge < -0.3 is 15.3 Å². The molecule has 4 rings (SSSR count). The van der Waals surface area contributed by atoms with Crippen LogP contribution in [0.1, 0.15) is 111 Å². The van der Waals surface area contributed by atoms with Crippen molar-refractivity contribution < 1.29 is 14.7 Å². The van der Waals surface area contributed by atoms with Gasteiger partial charge in [-0.3, -0.25) is 4.79 Å². The molecule has 2 amide bonds. The van der Waals surface area contributed by atoms with Crippen molar-refractivity contribution in [3.05, 3.63) is 11.6 Å². The fraction of sp³-hybridized carbons (Fsp3) is 0.871. The van der Waals surface area contributed by atoms with E-state index in [1.807, 2.05) is 0 Å². The molecule has 3 saturated carbocycles. The van der Waals surface area contributed by atoms with E-state index < -0.39 is 5.97 Å². The SMILES string of the molecule is CC(C)CCCCC1CCC2C3CC=C4CC(NC(=O)N(C)CCC(=O)O)CCC4(C)C3CCC12C. The predicted octanol–water partition coefficient (Wildman–Crippen LogP) is 7.27. The van der Waals surface area contributed by atoms with Crippen LogP contribution in [-0.4, -0.2) is 41.6 Å². The Bertz CT molecular complexity index is 838. The average Bonchev–Trinajstić information content (AvgIpc) is 3.16. The molecule has 5 heteroatoms. The number of nitrogens with zero attached hydrogens (tertiary/aromatic N) is 1. The Labute approximate surface area is 219 Å². The molecule has 204 valence electrons. The molecule has 3 fully saturated rings. The second kappa shape index (κ2) is 11.1. The number of carbonyl (C=O) groups is 2. The van der Waals surface area contributed by atoms with Gasteiger partial charge in [-0.05, 0) is 98.2 Å². The van der Waals surface area contributed by atoms with Crippen LogP contribution in [0.15, 0.2) is 11.6 Å². The number of amides is 2. The molecule has 0 aromatic rings. The minimum absolute atomic E-state index is 0.0141. The molecule has 0 heterocycles. The van der Waals surface area contributed by atoms with E-state index in [9.17, 15) is 9.59 Å². The van der Waals surface area contributed by atoms with Gasteiger partial charge in [-0.25, -0.2) is 4.79 Å². The van der Waals surface area contributed by atoms with Crippen molar-refractivity contribution >= 4 is 12.0 Å². The molecule has 0 aromatic carbocycles. The first-order valence-electron chi connectivity index (χ1n) is 15.0. The van der Waals surface area contributed by atoms with Gasteiger partial charge in [-0.1, -0.05) is 58.6 Å². The van der Waals surface area contributed by atoms with E-state index in [-0.39, 0.29) is 30.5 Å². The highest BCUT2D eigenvalue weighted by molar-refractivity contribution is 5.75. The maximum atomic E-state index is 12.6. The lowest BCUT2D eigenvalue weighted by atomic mass is 9.47. The van der Waals surface area contributed by atoms with Crippen LogP contribution in [-0.2, 0) is 4.79 Å². The molecule has 0 aliphatic heterocycles. The summed E-state index contributed by atoms with van der Waals surface area (Å²) in [5.74, 6) is 3.42. The van der Waals surface area contributed by atoms with Crippen molar-refractivity contribution in [2.24, 2.45) is 40.4 Å². The number of hydrogen-bond acceptors (Lipinski definition) is 2. The maximum Gasteiger partial charge on any atom is 0.317 e. The van der Waals surface area contributed by atoms with Crippen molar-refractivity contribution in [1.29, 1.82) is 0 Å². The number of nitrogens with one attached hydrogen (secondary N) is 1. The molecule has 2 N–H and O–H groups in total. The maximum absolute atomic E-state index is 12.6. The van der Waals surface area contributed by atoms with E-state index in [1.54, 1.807) is 12.6 Å². The van der Waals surface area contributed by atoms with E-state index >= 15 is 0 Å².